The summed E-state index contributed by atoms with van der Waals surface area (Å²) in [5.74, 6) is 0.677. The smallest absolute Gasteiger partial charge is 0.266 e. The highest BCUT2D eigenvalue weighted by atomic mass is 16.5. The van der Waals surface area contributed by atoms with Gasteiger partial charge >= 0.3 is 0 Å². The molecule has 5 rings (SSSR count). The van der Waals surface area contributed by atoms with Gasteiger partial charge in [-0.25, -0.2) is 4.90 Å². The molecule has 3 aromatic carbocycles. The fraction of sp³-hybridized carbons (Fsp3) is 0.314. The summed E-state index contributed by atoms with van der Waals surface area (Å²) in [7, 11) is 0. The second kappa shape index (κ2) is 10.7. The molecule has 2 amide bonds. The molecule has 0 aromatic heterocycles. The van der Waals surface area contributed by atoms with Crippen LogP contribution in [0.25, 0.3) is 16.3 Å². The van der Waals surface area contributed by atoms with Crippen molar-refractivity contribution >= 4 is 33.8 Å². The summed E-state index contributed by atoms with van der Waals surface area (Å²) in [6.07, 6.45) is 9.85. The number of benzene rings is 3. The van der Waals surface area contributed by atoms with E-state index in [0.29, 0.717) is 39.8 Å². The van der Waals surface area contributed by atoms with Gasteiger partial charge in [-0.05, 0) is 59.0 Å². The molecule has 2 aliphatic rings. The summed E-state index contributed by atoms with van der Waals surface area (Å²) >= 11 is 0. The molecule has 0 bridgehead atoms. The Balaban J connectivity index is 1.67. The van der Waals surface area contributed by atoms with E-state index in [1.54, 1.807) is 0 Å². The lowest BCUT2D eigenvalue weighted by Crippen LogP contribution is -2.41. The van der Waals surface area contributed by atoms with Gasteiger partial charge in [0.15, 0.2) is 0 Å². The van der Waals surface area contributed by atoms with Crippen molar-refractivity contribution in [2.24, 2.45) is 17.8 Å². The monoisotopic (exact) mass is 519 g/mol. The maximum atomic E-state index is 14.3. The molecular formula is C35H37NO3. The fourth-order valence-corrected chi connectivity index (χ4v) is 5.99. The molecule has 1 aliphatic carbocycles. The van der Waals surface area contributed by atoms with Crippen LogP contribution in [0.15, 0.2) is 79.4 Å². The van der Waals surface area contributed by atoms with E-state index in [-0.39, 0.29) is 23.8 Å². The van der Waals surface area contributed by atoms with Crippen molar-refractivity contribution in [3.63, 3.8) is 0 Å². The second-order valence-corrected chi connectivity index (χ2v) is 11.3. The third kappa shape index (κ3) is 4.73. The van der Waals surface area contributed by atoms with Gasteiger partial charge in [-0.2, -0.15) is 0 Å². The lowest BCUT2D eigenvalue weighted by atomic mass is 9.89. The van der Waals surface area contributed by atoms with Crippen LogP contribution in [0.1, 0.15) is 72.9 Å². The van der Waals surface area contributed by atoms with Crippen LogP contribution in [0.3, 0.4) is 0 Å². The van der Waals surface area contributed by atoms with E-state index in [4.69, 9.17) is 4.74 Å². The molecular weight excluding hydrogens is 482 g/mol. The van der Waals surface area contributed by atoms with E-state index in [1.165, 1.54) is 4.90 Å². The van der Waals surface area contributed by atoms with Gasteiger partial charge in [0.2, 0.25) is 0 Å². The zero-order valence-electron chi connectivity index (χ0n) is 23.5. The molecule has 3 aromatic rings. The largest absolute Gasteiger partial charge is 0.490 e. The molecule has 39 heavy (non-hydrogen) atoms. The maximum absolute atomic E-state index is 14.3. The summed E-state index contributed by atoms with van der Waals surface area (Å²) in [5.41, 5.74) is 4.64. The number of allylic oxidation sites excluding steroid dienone is 5. The minimum Gasteiger partial charge on any atom is -0.490 e. The first kappa shape index (κ1) is 26.7. The summed E-state index contributed by atoms with van der Waals surface area (Å²) in [6.45, 7) is 14.7. The Kier molecular flexibility index (Phi) is 7.31. The molecule has 1 heterocycles. The SMILES string of the molecule is C=CC1C=CC=C1c1ccc(CCC)cc1N1C(=O)c2cccc3cc(OC(C(C)C)C(C)C)cc(c23)C1=O. The Morgan fingerprint density at radius 1 is 0.949 bits per heavy atom. The number of rotatable bonds is 9. The van der Waals surface area contributed by atoms with Crippen molar-refractivity contribution in [3.8, 4) is 5.75 Å². The predicted molar refractivity (Wildman–Crippen MR) is 160 cm³/mol. The number of hydrogen-bond acceptors (Lipinski definition) is 3. The van der Waals surface area contributed by atoms with E-state index < -0.39 is 0 Å². The van der Waals surface area contributed by atoms with Crippen LogP contribution in [-0.2, 0) is 6.42 Å². The lowest BCUT2D eigenvalue weighted by Gasteiger charge is -2.31. The van der Waals surface area contributed by atoms with Crippen molar-refractivity contribution in [2.75, 3.05) is 4.90 Å². The normalized spacial score (nSPS) is 16.7. The lowest BCUT2D eigenvalue weighted by molar-refractivity contribution is 0.0890. The standard InChI is InChI=1S/C35H37NO3/c1-7-11-23-16-17-28(27-14-9-12-24(27)8-2)31(18-23)36-34(37)29-15-10-13-25-19-26(20-30(32(25)29)35(36)38)39-33(21(3)4)22(5)6/h8-10,12-22,24,33H,2,7,11H2,1,3-6H3. The molecule has 0 N–H and O–H groups in total. The van der Waals surface area contributed by atoms with Gasteiger partial charge in [-0.3, -0.25) is 9.59 Å². The van der Waals surface area contributed by atoms with E-state index in [2.05, 4.69) is 53.3 Å². The first-order valence-corrected chi connectivity index (χ1v) is 14.0. The second-order valence-electron chi connectivity index (χ2n) is 11.3. The Labute approximate surface area is 231 Å². The molecule has 1 atom stereocenters. The summed E-state index contributed by atoms with van der Waals surface area (Å²) in [5, 5.41) is 1.53. The van der Waals surface area contributed by atoms with Gasteiger partial charge in [-0.1, -0.05) is 89.6 Å². The Hall–Kier alpha value is -3.92. The number of anilines is 1. The average molecular weight is 520 g/mol. The zero-order valence-corrected chi connectivity index (χ0v) is 23.5. The predicted octanol–water partition coefficient (Wildman–Crippen LogP) is 8.41. The molecule has 4 heteroatoms. The number of carbonyl (C=O) groups is 2. The quantitative estimate of drug-likeness (QED) is 0.211. The molecule has 0 saturated heterocycles. The molecule has 0 radical (unpaired) electrons. The Bertz CT molecular complexity index is 1520. The minimum absolute atomic E-state index is 0.00392. The van der Waals surface area contributed by atoms with E-state index in [1.807, 2.05) is 60.7 Å². The fourth-order valence-electron chi connectivity index (χ4n) is 5.99. The van der Waals surface area contributed by atoms with Gasteiger partial charge in [0, 0.05) is 22.4 Å². The number of imide groups is 1. The van der Waals surface area contributed by atoms with Crippen LogP contribution < -0.4 is 9.64 Å². The first-order valence-electron chi connectivity index (χ1n) is 14.0. The van der Waals surface area contributed by atoms with Crippen LogP contribution in [0, 0.1) is 17.8 Å². The average Bonchev–Trinajstić information content (AvgIpc) is 3.39. The van der Waals surface area contributed by atoms with Gasteiger partial charge in [0.25, 0.3) is 11.8 Å². The number of carbonyl (C=O) groups excluding carboxylic acids is 2. The topological polar surface area (TPSA) is 46.6 Å². The molecule has 0 fully saturated rings. The van der Waals surface area contributed by atoms with Gasteiger partial charge < -0.3 is 4.74 Å². The van der Waals surface area contributed by atoms with Gasteiger partial charge in [-0.15, -0.1) is 6.58 Å². The molecule has 1 aliphatic heterocycles. The molecule has 200 valence electrons. The Morgan fingerprint density at radius 2 is 1.69 bits per heavy atom. The summed E-state index contributed by atoms with van der Waals surface area (Å²) in [4.78, 5) is 29.7. The van der Waals surface area contributed by atoms with Crippen LogP contribution in [-0.4, -0.2) is 17.9 Å². The molecule has 0 saturated carbocycles. The Morgan fingerprint density at radius 3 is 2.38 bits per heavy atom. The zero-order chi connectivity index (χ0) is 27.8. The highest BCUT2D eigenvalue weighted by Crippen LogP contribution is 2.41. The van der Waals surface area contributed by atoms with Crippen LogP contribution >= 0.6 is 0 Å². The summed E-state index contributed by atoms with van der Waals surface area (Å²) < 4.78 is 6.47. The molecule has 0 spiro atoms. The van der Waals surface area contributed by atoms with Crippen molar-refractivity contribution in [3.05, 3.63) is 102 Å². The third-order valence-electron chi connectivity index (χ3n) is 7.76. The minimum atomic E-state index is -0.323. The maximum Gasteiger partial charge on any atom is 0.266 e. The molecule has 4 nitrogen and oxygen atoms in total. The van der Waals surface area contributed by atoms with Gasteiger partial charge in [0.1, 0.15) is 11.9 Å². The van der Waals surface area contributed by atoms with E-state index >= 15 is 0 Å². The van der Waals surface area contributed by atoms with Crippen molar-refractivity contribution in [1.29, 1.82) is 0 Å². The number of amides is 2. The van der Waals surface area contributed by atoms with Crippen molar-refractivity contribution < 1.29 is 14.3 Å². The first-order chi connectivity index (χ1) is 18.7. The highest BCUT2D eigenvalue weighted by Gasteiger charge is 2.37. The number of nitrogens with zero attached hydrogens (tertiary/aromatic N) is 1. The third-order valence-corrected chi connectivity index (χ3v) is 7.76. The van der Waals surface area contributed by atoms with E-state index in [9.17, 15) is 9.59 Å². The molecule has 1 unspecified atom stereocenters. The number of hydrogen-bond donors (Lipinski definition) is 0. The van der Waals surface area contributed by atoms with Gasteiger partial charge in [0.05, 0.1) is 11.3 Å². The highest BCUT2D eigenvalue weighted by molar-refractivity contribution is 6.36. The van der Waals surface area contributed by atoms with Crippen molar-refractivity contribution in [1.82, 2.24) is 0 Å². The van der Waals surface area contributed by atoms with Crippen LogP contribution in [0.4, 0.5) is 5.69 Å². The van der Waals surface area contributed by atoms with Crippen molar-refractivity contribution in [2.45, 2.75) is 53.6 Å². The summed E-state index contributed by atoms with van der Waals surface area (Å²) in [6, 6.07) is 15.6. The van der Waals surface area contributed by atoms with E-state index in [0.717, 1.165) is 34.9 Å². The van der Waals surface area contributed by atoms with Crippen LogP contribution in [0.5, 0.6) is 5.75 Å². The number of aryl methyl sites for hydroxylation is 1. The van der Waals surface area contributed by atoms with Crippen LogP contribution in [0.2, 0.25) is 0 Å². The number of ether oxygens (including phenoxy) is 1.